The van der Waals surface area contributed by atoms with Crippen molar-refractivity contribution in [2.75, 3.05) is 68.5 Å². The number of halogens is 3. The van der Waals surface area contributed by atoms with Gasteiger partial charge in [-0.2, -0.15) is 12.7 Å². The molecule has 5 aliphatic heterocycles. The van der Waals surface area contributed by atoms with Crippen molar-refractivity contribution >= 4 is 56.3 Å². The van der Waals surface area contributed by atoms with E-state index < -0.39 is 63.6 Å². The maximum absolute atomic E-state index is 15.7. The number of fused-ring (bicyclic) bond motifs is 1. The van der Waals surface area contributed by atoms with Crippen LogP contribution in [0.1, 0.15) is 59.5 Å². The minimum absolute atomic E-state index is 0.00452. The number of hydrogen-bond donors (Lipinski definition) is 3. The third kappa shape index (κ3) is 8.48. The number of pyridine rings is 2. The van der Waals surface area contributed by atoms with Crippen LogP contribution < -0.4 is 19.7 Å². The Balaban J connectivity index is 0.705. The highest BCUT2D eigenvalue weighted by Gasteiger charge is 2.53. The van der Waals surface area contributed by atoms with Crippen LogP contribution in [0.5, 0.6) is 5.75 Å². The number of aromatic nitrogens is 3. The van der Waals surface area contributed by atoms with Crippen LogP contribution in [0.15, 0.2) is 73.2 Å². The molecule has 3 amide bonds. The van der Waals surface area contributed by atoms with Gasteiger partial charge in [0.15, 0.2) is 11.9 Å². The first-order valence-electron chi connectivity index (χ1n) is 21.9. The number of amides is 3. The average molecular weight is 926 g/mol. The molecule has 1 spiro atoms. The number of likely N-dealkylation sites (tertiary alicyclic amines) is 2. The number of piperidine rings is 2. The number of nitrogens with zero attached hydrogens (tertiary/aromatic N) is 6. The maximum atomic E-state index is 15.7. The number of rotatable bonds is 12. The van der Waals surface area contributed by atoms with Crippen molar-refractivity contribution in [3.05, 3.63) is 102 Å². The first-order chi connectivity index (χ1) is 31.7. The SMILES string of the molecule is O=C1CCC(Oc2ccc(C3CCN(CC(=O)N4CC5(C4)CN(c4ccc(-c6cnc7[nH]cc(C(=O)c8c(F)ccc(NS(=O)(=O)N9CC[C@@H](F)C9)c8F)c7c6)cn4)C5)CC3)cc2)C(=O)N1. The van der Waals surface area contributed by atoms with E-state index in [2.05, 4.69) is 30.1 Å². The van der Waals surface area contributed by atoms with Crippen LogP contribution in [0.25, 0.3) is 22.2 Å². The molecule has 20 heteroatoms. The summed E-state index contributed by atoms with van der Waals surface area (Å²) in [6, 6.07) is 14.9. The lowest BCUT2D eigenvalue weighted by Gasteiger charge is -2.60. The van der Waals surface area contributed by atoms with E-state index in [9.17, 15) is 32.0 Å². The van der Waals surface area contributed by atoms with Gasteiger partial charge in [0.05, 0.1) is 17.8 Å². The van der Waals surface area contributed by atoms with Gasteiger partial charge in [-0.25, -0.2) is 23.1 Å². The highest BCUT2D eigenvalue weighted by Crippen LogP contribution is 2.42. The number of carbonyl (C=O) groups excluding carboxylic acids is 4. The molecule has 5 aliphatic rings. The topological polar surface area (TPSA) is 190 Å². The van der Waals surface area contributed by atoms with Crippen LogP contribution in [0.3, 0.4) is 0 Å². The Bertz CT molecular complexity index is 2840. The van der Waals surface area contributed by atoms with Gasteiger partial charge in [0, 0.05) is 98.2 Å². The standard InChI is InChI=1S/C46H46F3N9O7S/c47-31-13-16-58(21-31)66(63,64)54-36-7-6-35(48)41(42(36)49)43(61)34-20-52-44-33(34)17-30(19-51-44)29-3-9-38(50-18-29)56-23-46(24-56)25-57(26-46)40(60)22-55-14-11-28(12-15-55)27-1-4-32(5-2-27)65-37-8-10-39(59)53-45(37)62/h1-7,9,17-20,28,31,37,54H,8,10-16,21-26H2,(H,51,52)(H,53,59,62)/t31-,37?/m1/s1. The molecular weight excluding hydrogens is 880 g/mol. The molecule has 2 atom stereocenters. The molecule has 5 aromatic rings. The van der Waals surface area contributed by atoms with Crippen LogP contribution in [-0.2, 0) is 24.6 Å². The summed E-state index contributed by atoms with van der Waals surface area (Å²) in [6.07, 6.45) is 5.02. The lowest BCUT2D eigenvalue weighted by Crippen LogP contribution is -2.73. The molecule has 344 valence electrons. The zero-order chi connectivity index (χ0) is 45.9. The van der Waals surface area contributed by atoms with Crippen molar-refractivity contribution in [3.63, 3.8) is 0 Å². The monoisotopic (exact) mass is 925 g/mol. The van der Waals surface area contributed by atoms with Gasteiger partial charge in [0.1, 0.15) is 29.2 Å². The summed E-state index contributed by atoms with van der Waals surface area (Å²) in [5.41, 5.74) is 1.12. The highest BCUT2D eigenvalue weighted by atomic mass is 32.2. The van der Waals surface area contributed by atoms with Crippen molar-refractivity contribution in [1.29, 1.82) is 0 Å². The van der Waals surface area contributed by atoms with Gasteiger partial charge in [-0.1, -0.05) is 12.1 Å². The number of nitrogens with one attached hydrogen (secondary N) is 3. The number of imide groups is 1. The molecule has 8 heterocycles. The molecule has 10 rings (SSSR count). The van der Waals surface area contributed by atoms with E-state index >= 15 is 8.78 Å². The predicted molar refractivity (Wildman–Crippen MR) is 236 cm³/mol. The number of ether oxygens (including phenoxy) is 1. The second kappa shape index (κ2) is 17.1. The smallest absolute Gasteiger partial charge is 0.301 e. The first kappa shape index (κ1) is 43.5. The van der Waals surface area contributed by atoms with E-state index in [1.165, 1.54) is 11.8 Å². The van der Waals surface area contributed by atoms with Crippen LogP contribution in [0, 0.1) is 17.0 Å². The molecule has 3 aromatic heterocycles. The number of benzene rings is 2. The van der Waals surface area contributed by atoms with E-state index in [0.29, 0.717) is 59.9 Å². The Kier molecular flexibility index (Phi) is 11.3. The molecule has 3 N–H and O–H groups in total. The third-order valence-corrected chi connectivity index (χ3v) is 14.9. The molecule has 0 radical (unpaired) electrons. The van der Waals surface area contributed by atoms with Crippen molar-refractivity contribution in [2.45, 2.75) is 50.3 Å². The van der Waals surface area contributed by atoms with Crippen molar-refractivity contribution < 1.29 is 45.5 Å². The van der Waals surface area contributed by atoms with Crippen molar-refractivity contribution in [1.82, 2.24) is 34.4 Å². The summed E-state index contributed by atoms with van der Waals surface area (Å²) in [5, 5.41) is 2.60. The lowest BCUT2D eigenvalue weighted by atomic mass is 9.72. The van der Waals surface area contributed by atoms with E-state index in [4.69, 9.17) is 4.74 Å². The Morgan fingerprint density at radius 1 is 0.894 bits per heavy atom. The molecule has 0 aliphatic carbocycles. The minimum atomic E-state index is -4.37. The second-order valence-electron chi connectivity index (χ2n) is 18.0. The molecule has 5 fully saturated rings. The number of aromatic amines is 1. The van der Waals surface area contributed by atoms with E-state index in [1.54, 1.807) is 18.5 Å². The fraction of sp³-hybridized carbons (Fsp3) is 0.391. The minimum Gasteiger partial charge on any atom is -0.481 e. The second-order valence-corrected chi connectivity index (χ2v) is 19.6. The van der Waals surface area contributed by atoms with Crippen LogP contribution in [0.2, 0.25) is 0 Å². The van der Waals surface area contributed by atoms with Crippen molar-refractivity contribution in [3.8, 4) is 16.9 Å². The molecule has 2 aromatic carbocycles. The van der Waals surface area contributed by atoms with Gasteiger partial charge in [-0.05, 0) is 86.3 Å². The number of anilines is 2. The quantitative estimate of drug-likeness (QED) is 0.118. The summed E-state index contributed by atoms with van der Waals surface area (Å²) < 4.78 is 78.8. The Hall–Kier alpha value is -6.38. The summed E-state index contributed by atoms with van der Waals surface area (Å²) in [5.74, 6) is -2.43. The Labute approximate surface area is 377 Å². The van der Waals surface area contributed by atoms with Gasteiger partial charge in [0.25, 0.3) is 5.91 Å². The van der Waals surface area contributed by atoms with Gasteiger partial charge in [-0.15, -0.1) is 0 Å². The van der Waals surface area contributed by atoms with Gasteiger partial charge >= 0.3 is 10.2 Å². The Morgan fingerprint density at radius 2 is 1.65 bits per heavy atom. The van der Waals surface area contributed by atoms with Crippen molar-refractivity contribution in [2.24, 2.45) is 5.41 Å². The number of hydrogen-bond acceptors (Lipinski definition) is 11. The van der Waals surface area contributed by atoms with Crippen LogP contribution >= 0.6 is 0 Å². The zero-order valence-electron chi connectivity index (χ0n) is 35.6. The fourth-order valence-corrected chi connectivity index (χ4v) is 11.0. The Morgan fingerprint density at radius 3 is 2.35 bits per heavy atom. The predicted octanol–water partition coefficient (Wildman–Crippen LogP) is 4.55. The molecule has 16 nitrogen and oxygen atoms in total. The number of ketones is 1. The summed E-state index contributed by atoms with van der Waals surface area (Å²) >= 11 is 0. The van der Waals surface area contributed by atoms with Gasteiger partial charge < -0.3 is 19.5 Å². The third-order valence-electron chi connectivity index (χ3n) is 13.4. The molecule has 5 saturated heterocycles. The number of carbonyl (C=O) groups is 4. The van der Waals surface area contributed by atoms with E-state index in [1.807, 2.05) is 46.0 Å². The summed E-state index contributed by atoms with van der Waals surface area (Å²) in [4.78, 5) is 68.7. The molecule has 0 bridgehead atoms. The molecular formula is C46H46F3N9O7S. The van der Waals surface area contributed by atoms with Crippen LogP contribution in [0.4, 0.5) is 24.7 Å². The summed E-state index contributed by atoms with van der Waals surface area (Å²) in [7, 11) is -4.37. The summed E-state index contributed by atoms with van der Waals surface area (Å²) in [6.45, 7) is 4.45. The lowest BCUT2D eigenvalue weighted by molar-refractivity contribution is -0.146. The highest BCUT2D eigenvalue weighted by molar-refractivity contribution is 7.90. The fourth-order valence-electron chi connectivity index (χ4n) is 9.73. The van der Waals surface area contributed by atoms with Gasteiger partial charge in [-0.3, -0.25) is 34.1 Å². The zero-order valence-corrected chi connectivity index (χ0v) is 36.5. The number of H-pyrrole nitrogens is 1. The number of alkyl halides is 1. The maximum Gasteiger partial charge on any atom is 0.301 e. The molecule has 1 unspecified atom stereocenters. The normalized spacial score (nSPS) is 21.4. The first-order valence-corrected chi connectivity index (χ1v) is 23.4. The largest absolute Gasteiger partial charge is 0.481 e. The average Bonchev–Trinajstić information content (AvgIpc) is 3.92. The van der Waals surface area contributed by atoms with E-state index in [0.717, 1.165) is 61.3 Å². The molecule has 66 heavy (non-hydrogen) atoms. The molecule has 0 saturated carbocycles. The van der Waals surface area contributed by atoms with Gasteiger partial charge in [0.2, 0.25) is 17.6 Å². The van der Waals surface area contributed by atoms with E-state index in [-0.39, 0.29) is 42.2 Å². The van der Waals surface area contributed by atoms with Crippen LogP contribution in [-0.4, -0.2) is 132 Å².